The molecule has 0 atom stereocenters. The maximum absolute atomic E-state index is 13.7. The molecule has 0 unspecified atom stereocenters. The minimum absolute atomic E-state index is 0.206. The molecule has 6 heteroatoms. The molecule has 0 N–H and O–H groups in total. The number of para-hydroxylation sites is 2. The van der Waals surface area contributed by atoms with E-state index in [1.807, 2.05) is 43.3 Å². The van der Waals surface area contributed by atoms with E-state index >= 15 is 0 Å². The largest absolute Gasteiger partial charge is 0.497 e. The van der Waals surface area contributed by atoms with Gasteiger partial charge in [-0.15, -0.1) is 0 Å². The maximum atomic E-state index is 13.7. The highest BCUT2D eigenvalue weighted by molar-refractivity contribution is 6.14. The van der Waals surface area contributed by atoms with Crippen LogP contribution in [0.15, 0.2) is 83.8 Å². The summed E-state index contributed by atoms with van der Waals surface area (Å²) in [5.41, 5.74) is 1.48. The summed E-state index contributed by atoms with van der Waals surface area (Å²) in [5, 5.41) is 1.06. The monoisotopic (exact) mass is 428 g/mol. The normalized spacial score (nSPS) is 10.7. The molecule has 1 heterocycles. The molecule has 32 heavy (non-hydrogen) atoms. The van der Waals surface area contributed by atoms with Gasteiger partial charge in [0.1, 0.15) is 11.5 Å². The van der Waals surface area contributed by atoms with Crippen molar-refractivity contribution in [3.05, 3.63) is 94.9 Å². The van der Waals surface area contributed by atoms with Gasteiger partial charge >= 0.3 is 0 Å². The zero-order chi connectivity index (χ0) is 22.7. The SMILES string of the molecule is CCOc1ccccc1N(C)C(=O)c1cn(-c2cccc(OC)c2)c(=O)c2ccccc12. The Morgan fingerprint density at radius 1 is 0.969 bits per heavy atom. The van der Waals surface area contributed by atoms with Crippen molar-refractivity contribution in [2.75, 3.05) is 25.7 Å². The summed E-state index contributed by atoms with van der Waals surface area (Å²) in [6, 6.07) is 21.7. The van der Waals surface area contributed by atoms with Gasteiger partial charge in [0.25, 0.3) is 11.5 Å². The Balaban J connectivity index is 1.90. The number of carbonyl (C=O) groups is 1. The fourth-order valence-corrected chi connectivity index (χ4v) is 3.72. The molecule has 162 valence electrons. The van der Waals surface area contributed by atoms with Crippen molar-refractivity contribution >= 4 is 22.4 Å². The van der Waals surface area contributed by atoms with E-state index in [4.69, 9.17) is 9.47 Å². The Kier molecular flexibility index (Phi) is 5.94. The first kappa shape index (κ1) is 21.2. The highest BCUT2D eigenvalue weighted by Crippen LogP contribution is 2.29. The Morgan fingerprint density at radius 2 is 1.69 bits per heavy atom. The van der Waals surface area contributed by atoms with E-state index in [1.54, 1.807) is 61.7 Å². The van der Waals surface area contributed by atoms with E-state index < -0.39 is 0 Å². The van der Waals surface area contributed by atoms with Crippen molar-refractivity contribution < 1.29 is 14.3 Å². The maximum Gasteiger partial charge on any atom is 0.262 e. The van der Waals surface area contributed by atoms with Crippen LogP contribution >= 0.6 is 0 Å². The van der Waals surface area contributed by atoms with Crippen LogP contribution in [0, 0.1) is 0 Å². The number of aromatic nitrogens is 1. The summed E-state index contributed by atoms with van der Waals surface area (Å²) in [4.78, 5) is 28.5. The summed E-state index contributed by atoms with van der Waals surface area (Å²) in [7, 11) is 3.28. The van der Waals surface area contributed by atoms with Gasteiger partial charge < -0.3 is 14.4 Å². The molecule has 0 fully saturated rings. The second-order valence-electron chi connectivity index (χ2n) is 7.23. The van der Waals surface area contributed by atoms with Crippen molar-refractivity contribution in [2.24, 2.45) is 0 Å². The van der Waals surface area contributed by atoms with Crippen molar-refractivity contribution in [3.8, 4) is 17.2 Å². The molecule has 4 aromatic rings. The number of fused-ring (bicyclic) bond motifs is 1. The lowest BCUT2D eigenvalue weighted by Crippen LogP contribution is -2.29. The van der Waals surface area contributed by atoms with Crippen LogP contribution < -0.4 is 19.9 Å². The Bertz CT molecular complexity index is 1340. The first-order chi connectivity index (χ1) is 15.5. The number of anilines is 1. The van der Waals surface area contributed by atoms with Crippen LogP contribution in [-0.2, 0) is 0 Å². The van der Waals surface area contributed by atoms with Crippen molar-refractivity contribution in [1.82, 2.24) is 4.57 Å². The number of hydrogen-bond donors (Lipinski definition) is 0. The number of rotatable bonds is 6. The van der Waals surface area contributed by atoms with E-state index in [9.17, 15) is 9.59 Å². The highest BCUT2D eigenvalue weighted by atomic mass is 16.5. The minimum atomic E-state index is -0.245. The van der Waals surface area contributed by atoms with Gasteiger partial charge in [-0.3, -0.25) is 14.2 Å². The van der Waals surface area contributed by atoms with Gasteiger partial charge in [-0.05, 0) is 37.3 Å². The molecular formula is C26H24N2O4. The fraction of sp³-hybridized carbons (Fsp3) is 0.154. The molecular weight excluding hydrogens is 404 g/mol. The number of amides is 1. The summed E-state index contributed by atoms with van der Waals surface area (Å²) in [6.07, 6.45) is 1.60. The zero-order valence-corrected chi connectivity index (χ0v) is 18.2. The van der Waals surface area contributed by atoms with Crippen molar-refractivity contribution in [2.45, 2.75) is 6.92 Å². The lowest BCUT2D eigenvalue weighted by molar-refractivity contribution is 0.0993. The quantitative estimate of drug-likeness (QED) is 0.448. The van der Waals surface area contributed by atoms with Gasteiger partial charge in [-0.2, -0.15) is 0 Å². The molecule has 0 aliphatic heterocycles. The number of hydrogen-bond acceptors (Lipinski definition) is 4. The van der Waals surface area contributed by atoms with Gasteiger partial charge in [-0.25, -0.2) is 0 Å². The topological polar surface area (TPSA) is 60.8 Å². The third-order valence-electron chi connectivity index (χ3n) is 5.32. The Hall–Kier alpha value is -4.06. The molecule has 3 aromatic carbocycles. The second kappa shape index (κ2) is 8.98. The lowest BCUT2D eigenvalue weighted by Gasteiger charge is -2.22. The van der Waals surface area contributed by atoms with Crippen LogP contribution in [-0.4, -0.2) is 31.2 Å². The number of pyridine rings is 1. The Labute approximate surface area is 186 Å². The van der Waals surface area contributed by atoms with Crippen LogP contribution in [0.25, 0.3) is 16.5 Å². The average Bonchev–Trinajstić information content (AvgIpc) is 2.84. The first-order valence-corrected chi connectivity index (χ1v) is 10.3. The van der Waals surface area contributed by atoms with Crippen LogP contribution in [0.1, 0.15) is 17.3 Å². The van der Waals surface area contributed by atoms with Gasteiger partial charge in [0, 0.05) is 30.1 Å². The summed E-state index contributed by atoms with van der Waals surface area (Å²) >= 11 is 0. The summed E-state index contributed by atoms with van der Waals surface area (Å²) in [5.74, 6) is 1.000. The number of ether oxygens (including phenoxy) is 2. The molecule has 0 bridgehead atoms. The standard InChI is InChI=1S/C26H24N2O4/c1-4-32-24-15-8-7-14-23(24)27(2)25(29)22-17-28(18-10-9-11-19(16-18)31-3)26(30)21-13-6-5-12-20(21)22/h5-17H,4H2,1-3H3. The minimum Gasteiger partial charge on any atom is -0.497 e. The fourth-order valence-electron chi connectivity index (χ4n) is 3.72. The van der Waals surface area contributed by atoms with E-state index in [-0.39, 0.29) is 11.5 Å². The molecule has 0 spiro atoms. The number of methoxy groups -OCH3 is 1. The molecule has 6 nitrogen and oxygen atoms in total. The molecule has 0 saturated carbocycles. The molecule has 1 aromatic heterocycles. The average molecular weight is 428 g/mol. The number of nitrogens with zero attached hydrogens (tertiary/aromatic N) is 2. The molecule has 4 rings (SSSR count). The van der Waals surface area contributed by atoms with Gasteiger partial charge in [0.15, 0.2) is 0 Å². The number of carbonyl (C=O) groups excluding carboxylic acids is 1. The number of benzene rings is 3. The van der Waals surface area contributed by atoms with Crippen LogP contribution in [0.3, 0.4) is 0 Å². The predicted octanol–water partition coefficient (Wildman–Crippen LogP) is 4.67. The van der Waals surface area contributed by atoms with E-state index in [2.05, 4.69) is 0 Å². The van der Waals surface area contributed by atoms with E-state index in [0.29, 0.717) is 45.8 Å². The summed E-state index contributed by atoms with van der Waals surface area (Å²) < 4.78 is 12.5. The van der Waals surface area contributed by atoms with E-state index in [1.165, 1.54) is 4.57 Å². The van der Waals surface area contributed by atoms with Gasteiger partial charge in [-0.1, -0.05) is 36.4 Å². The smallest absolute Gasteiger partial charge is 0.262 e. The molecule has 0 radical (unpaired) electrons. The lowest BCUT2D eigenvalue weighted by atomic mass is 10.1. The molecule has 0 aliphatic carbocycles. The third kappa shape index (κ3) is 3.83. The van der Waals surface area contributed by atoms with Crippen molar-refractivity contribution in [1.29, 1.82) is 0 Å². The molecule has 0 aliphatic rings. The second-order valence-corrected chi connectivity index (χ2v) is 7.23. The summed E-state index contributed by atoms with van der Waals surface area (Å²) in [6.45, 7) is 2.39. The van der Waals surface area contributed by atoms with Crippen LogP contribution in [0.2, 0.25) is 0 Å². The first-order valence-electron chi connectivity index (χ1n) is 10.3. The van der Waals surface area contributed by atoms with Crippen molar-refractivity contribution in [3.63, 3.8) is 0 Å². The highest BCUT2D eigenvalue weighted by Gasteiger charge is 2.21. The van der Waals surface area contributed by atoms with Gasteiger partial charge in [0.2, 0.25) is 0 Å². The Morgan fingerprint density at radius 3 is 2.44 bits per heavy atom. The van der Waals surface area contributed by atoms with Gasteiger partial charge in [0.05, 0.1) is 30.7 Å². The van der Waals surface area contributed by atoms with Crippen LogP contribution in [0.5, 0.6) is 11.5 Å². The predicted molar refractivity (Wildman–Crippen MR) is 126 cm³/mol. The third-order valence-corrected chi connectivity index (χ3v) is 5.32. The molecule has 0 saturated heterocycles. The zero-order valence-electron chi connectivity index (χ0n) is 18.2. The molecule has 1 amide bonds. The van der Waals surface area contributed by atoms with E-state index in [0.717, 1.165) is 0 Å². The van der Waals surface area contributed by atoms with Crippen LogP contribution in [0.4, 0.5) is 5.69 Å².